The van der Waals surface area contributed by atoms with Gasteiger partial charge in [-0.05, 0) is 25.0 Å². The Kier molecular flexibility index (Phi) is 5.73. The van der Waals surface area contributed by atoms with Gasteiger partial charge in [-0.15, -0.1) is 6.58 Å². The summed E-state index contributed by atoms with van der Waals surface area (Å²) in [6, 6.07) is 4.60. The number of rotatable bonds is 8. The number of hydrogen-bond acceptors (Lipinski definition) is 6. The number of amides is 1. The van der Waals surface area contributed by atoms with Crippen LogP contribution < -0.4 is 21.5 Å². The average Bonchev–Trinajstić information content (AvgIpc) is 2.68. The summed E-state index contributed by atoms with van der Waals surface area (Å²) >= 11 is 0. The van der Waals surface area contributed by atoms with Crippen molar-refractivity contribution in [2.24, 2.45) is 0 Å². The Hall–Kier alpha value is -3.09. The number of phenolic OH excluding ortho intramolecular Hbond substituents is 1. The highest BCUT2D eigenvalue weighted by molar-refractivity contribution is 5.99. The molecule has 2 aromatic rings. The first-order valence-corrected chi connectivity index (χ1v) is 8.77. The van der Waals surface area contributed by atoms with Gasteiger partial charge in [0.2, 0.25) is 0 Å². The predicted molar refractivity (Wildman–Crippen MR) is 108 cm³/mol. The van der Waals surface area contributed by atoms with Crippen LogP contribution in [0.2, 0.25) is 0 Å². The molecule has 0 saturated heterocycles. The molecule has 0 heterocycles. The molecular formula is C20H25N3O4. The maximum absolute atomic E-state index is 12.2. The maximum Gasteiger partial charge on any atom is 0.257 e. The molecule has 27 heavy (non-hydrogen) atoms. The third-order valence-electron chi connectivity index (χ3n) is 4.87. The SMILES string of the molecule is C=CC(CC)(CC)Nc1c(Nc2cccc(C(=O)N(C)C)c2O)c(=O)c1=O. The predicted octanol–water partition coefficient (Wildman–Crippen LogP) is 2.59. The number of benzene rings is 1. The number of nitrogens with zero attached hydrogens (tertiary/aromatic N) is 1. The number of hydrogen-bond donors (Lipinski definition) is 3. The lowest BCUT2D eigenvalue weighted by atomic mass is 9.92. The van der Waals surface area contributed by atoms with Crippen molar-refractivity contribution in [2.75, 3.05) is 24.7 Å². The summed E-state index contributed by atoms with van der Waals surface area (Å²) in [5.41, 5.74) is -1.30. The minimum absolute atomic E-state index is 0.0675. The molecule has 0 spiro atoms. The Morgan fingerprint density at radius 1 is 1.19 bits per heavy atom. The van der Waals surface area contributed by atoms with E-state index in [1.807, 2.05) is 13.8 Å². The molecule has 0 aliphatic carbocycles. The van der Waals surface area contributed by atoms with Crippen molar-refractivity contribution < 1.29 is 9.90 Å². The van der Waals surface area contributed by atoms with E-state index in [1.54, 1.807) is 26.2 Å². The van der Waals surface area contributed by atoms with Crippen LogP contribution in [0.3, 0.4) is 0 Å². The van der Waals surface area contributed by atoms with Crippen LogP contribution in [0.15, 0.2) is 40.4 Å². The van der Waals surface area contributed by atoms with Crippen LogP contribution >= 0.6 is 0 Å². The number of anilines is 3. The van der Waals surface area contributed by atoms with Crippen LogP contribution in [0.4, 0.5) is 17.1 Å². The molecule has 0 bridgehead atoms. The van der Waals surface area contributed by atoms with Gasteiger partial charge < -0.3 is 20.6 Å². The van der Waals surface area contributed by atoms with Gasteiger partial charge in [-0.2, -0.15) is 0 Å². The molecule has 1 amide bonds. The van der Waals surface area contributed by atoms with Crippen LogP contribution in [-0.4, -0.2) is 35.5 Å². The Balaban J connectivity index is 2.41. The van der Waals surface area contributed by atoms with Crippen LogP contribution in [-0.2, 0) is 0 Å². The lowest BCUT2D eigenvalue weighted by molar-refractivity contribution is 0.0824. The van der Waals surface area contributed by atoms with E-state index in [4.69, 9.17) is 0 Å². The zero-order valence-electron chi connectivity index (χ0n) is 16.0. The van der Waals surface area contributed by atoms with Gasteiger partial charge in [0, 0.05) is 14.1 Å². The van der Waals surface area contributed by atoms with Crippen LogP contribution in [0.1, 0.15) is 37.0 Å². The van der Waals surface area contributed by atoms with E-state index in [2.05, 4.69) is 17.2 Å². The zero-order valence-corrected chi connectivity index (χ0v) is 16.0. The van der Waals surface area contributed by atoms with Crippen LogP contribution in [0, 0.1) is 0 Å². The monoisotopic (exact) mass is 371 g/mol. The highest BCUT2D eigenvalue weighted by Crippen LogP contribution is 2.33. The van der Waals surface area contributed by atoms with E-state index < -0.39 is 16.4 Å². The minimum atomic E-state index is -0.675. The van der Waals surface area contributed by atoms with E-state index in [1.165, 1.54) is 17.0 Å². The quantitative estimate of drug-likeness (QED) is 0.375. The maximum atomic E-state index is 12.2. The number of carbonyl (C=O) groups is 1. The van der Waals surface area contributed by atoms with Crippen molar-refractivity contribution in [1.82, 2.24) is 4.90 Å². The second-order valence-electron chi connectivity index (χ2n) is 6.63. The second kappa shape index (κ2) is 7.65. The van der Waals surface area contributed by atoms with Crippen molar-refractivity contribution in [2.45, 2.75) is 32.2 Å². The molecule has 0 fully saturated rings. The molecule has 144 valence electrons. The summed E-state index contributed by atoms with van der Waals surface area (Å²) in [6.45, 7) is 7.73. The molecule has 0 saturated carbocycles. The molecular weight excluding hydrogens is 346 g/mol. The highest BCUT2D eigenvalue weighted by Gasteiger charge is 2.30. The number of nitrogens with one attached hydrogen (secondary N) is 2. The molecule has 0 radical (unpaired) electrons. The fourth-order valence-corrected chi connectivity index (χ4v) is 2.84. The molecule has 7 nitrogen and oxygen atoms in total. The van der Waals surface area contributed by atoms with Gasteiger partial charge in [-0.25, -0.2) is 0 Å². The molecule has 7 heteroatoms. The fourth-order valence-electron chi connectivity index (χ4n) is 2.84. The third kappa shape index (κ3) is 3.58. The van der Waals surface area contributed by atoms with Crippen LogP contribution in [0.5, 0.6) is 5.75 Å². The molecule has 3 N–H and O–H groups in total. The number of carbonyl (C=O) groups excluding carboxylic acids is 1. The van der Waals surface area contributed by atoms with Gasteiger partial charge in [0.1, 0.15) is 11.4 Å². The molecule has 2 aromatic carbocycles. The first-order chi connectivity index (χ1) is 12.7. The topological polar surface area (TPSA) is 98.7 Å². The Morgan fingerprint density at radius 2 is 1.78 bits per heavy atom. The molecule has 0 atom stereocenters. The van der Waals surface area contributed by atoms with Crippen molar-refractivity contribution in [1.29, 1.82) is 0 Å². The van der Waals surface area contributed by atoms with Crippen molar-refractivity contribution >= 4 is 23.0 Å². The molecule has 0 aliphatic heterocycles. The van der Waals surface area contributed by atoms with Gasteiger partial charge >= 0.3 is 0 Å². The van der Waals surface area contributed by atoms with E-state index in [0.29, 0.717) is 12.8 Å². The summed E-state index contributed by atoms with van der Waals surface area (Å²) in [5, 5.41) is 16.3. The van der Waals surface area contributed by atoms with Gasteiger partial charge in [0.25, 0.3) is 16.8 Å². The summed E-state index contributed by atoms with van der Waals surface area (Å²) < 4.78 is 0. The number of para-hydroxylation sites is 1. The second-order valence-corrected chi connectivity index (χ2v) is 6.63. The summed E-state index contributed by atoms with van der Waals surface area (Å²) in [6.07, 6.45) is 3.09. The van der Waals surface area contributed by atoms with Crippen molar-refractivity contribution in [3.05, 3.63) is 56.9 Å². The Bertz CT molecular complexity index is 935. The van der Waals surface area contributed by atoms with Gasteiger partial charge in [-0.1, -0.05) is 26.0 Å². The lowest BCUT2D eigenvalue weighted by Crippen LogP contribution is -2.43. The minimum Gasteiger partial charge on any atom is -0.505 e. The van der Waals surface area contributed by atoms with Gasteiger partial charge in [-0.3, -0.25) is 14.4 Å². The van der Waals surface area contributed by atoms with E-state index in [-0.39, 0.29) is 34.3 Å². The first-order valence-electron chi connectivity index (χ1n) is 8.77. The highest BCUT2D eigenvalue weighted by atomic mass is 16.3. The summed E-state index contributed by atoms with van der Waals surface area (Å²) in [4.78, 5) is 37.6. The Labute approximate surface area is 158 Å². The average molecular weight is 371 g/mol. The first kappa shape index (κ1) is 20.2. The number of phenols is 1. The molecule has 0 unspecified atom stereocenters. The third-order valence-corrected chi connectivity index (χ3v) is 4.87. The van der Waals surface area contributed by atoms with Gasteiger partial charge in [0.05, 0.1) is 16.8 Å². The summed E-state index contributed by atoms with van der Waals surface area (Å²) in [7, 11) is 3.15. The van der Waals surface area contributed by atoms with E-state index in [9.17, 15) is 19.5 Å². The largest absolute Gasteiger partial charge is 0.505 e. The molecule has 2 rings (SSSR count). The van der Waals surface area contributed by atoms with Gasteiger partial charge in [0.15, 0.2) is 5.75 Å². The zero-order chi connectivity index (χ0) is 20.4. The molecule has 0 aliphatic rings. The summed E-state index contributed by atoms with van der Waals surface area (Å²) in [5.74, 6) is -0.654. The normalized spacial score (nSPS) is 11.3. The van der Waals surface area contributed by atoms with Crippen LogP contribution in [0.25, 0.3) is 0 Å². The van der Waals surface area contributed by atoms with E-state index >= 15 is 0 Å². The number of aromatic hydroxyl groups is 1. The fraction of sp³-hybridized carbons (Fsp3) is 0.350. The van der Waals surface area contributed by atoms with Crippen molar-refractivity contribution in [3.8, 4) is 5.75 Å². The lowest BCUT2D eigenvalue weighted by Gasteiger charge is -2.32. The van der Waals surface area contributed by atoms with Crippen molar-refractivity contribution in [3.63, 3.8) is 0 Å². The molecule has 0 aromatic heterocycles. The Morgan fingerprint density at radius 3 is 2.30 bits per heavy atom. The van der Waals surface area contributed by atoms with E-state index in [0.717, 1.165) is 0 Å². The smallest absolute Gasteiger partial charge is 0.257 e. The standard InChI is InChI=1S/C20H25N3O4/c1-6-20(7-2,8-3)22-15-14(17(25)18(15)26)21-13-11-9-10-12(16(13)24)19(27)23(4)5/h6,9-11,21-22,24H,1,7-8H2,2-5H3.